The Bertz CT molecular complexity index is 808. The molecule has 19 heavy (non-hydrogen) atoms. The Balaban J connectivity index is 2.18. The quantitative estimate of drug-likeness (QED) is 0.728. The Labute approximate surface area is 115 Å². The number of imide groups is 2. The van der Waals surface area contributed by atoms with Crippen LogP contribution in [0.5, 0.6) is 0 Å². The lowest BCUT2D eigenvalue weighted by atomic mass is 10.0. The Hall–Kier alpha value is -2.50. The fourth-order valence-electron chi connectivity index (χ4n) is 2.01. The predicted molar refractivity (Wildman–Crippen MR) is 63.1 cm³/mol. The van der Waals surface area contributed by atoms with Crippen LogP contribution < -0.4 is 5.32 Å². The summed E-state index contributed by atoms with van der Waals surface area (Å²) >= 11 is 0. The molecule has 6 heteroatoms. The highest BCUT2D eigenvalue weighted by Gasteiger charge is 2.44. The molecule has 96 valence electrons. The number of carbonyl (C=O) groups is 4. The largest absolute Gasteiger partial charge is 0.295 e. The van der Waals surface area contributed by atoms with Gasteiger partial charge in [-0.2, -0.15) is 0 Å². The molecule has 1 N–H and O–H groups in total. The second-order valence-corrected chi connectivity index (χ2v) is 4.02. The average Bonchev–Trinajstić information content (AvgIpc) is 2.79. The maximum Gasteiger partial charge on any atom is 0.262 e. The highest BCUT2D eigenvalue weighted by molar-refractivity contribution is 6.23. The number of amides is 4. The molecule has 4 amide bonds. The number of rotatable bonds is 1. The summed E-state index contributed by atoms with van der Waals surface area (Å²) in [5, 5.41) is 1.89. The fourth-order valence-corrected chi connectivity index (χ4v) is 2.01. The molecule has 0 unspecified atom stereocenters. The van der Waals surface area contributed by atoms with Crippen molar-refractivity contribution in [1.82, 2.24) is 10.2 Å². The van der Waals surface area contributed by atoms with Gasteiger partial charge in [-0.15, -0.1) is 0 Å². The molecule has 0 aromatic heterocycles. The number of piperidine rings is 1. The van der Waals surface area contributed by atoms with Crippen LogP contribution in [0, 0.1) is 0 Å². The van der Waals surface area contributed by atoms with Crippen molar-refractivity contribution in [2.45, 2.75) is 18.9 Å². The van der Waals surface area contributed by atoms with E-state index in [1.54, 1.807) is 0 Å². The third-order valence-corrected chi connectivity index (χ3v) is 2.90. The molecule has 0 saturated carbocycles. The molecule has 1 atom stereocenters. The first kappa shape index (κ1) is 7.18. The minimum absolute atomic E-state index is 0.252. The summed E-state index contributed by atoms with van der Waals surface area (Å²) in [6.07, 6.45) is -0.664. The summed E-state index contributed by atoms with van der Waals surface area (Å²) in [7, 11) is 0. The molecule has 2 heterocycles. The topological polar surface area (TPSA) is 83.6 Å². The summed E-state index contributed by atoms with van der Waals surface area (Å²) < 4.78 is 38.9. The van der Waals surface area contributed by atoms with Crippen molar-refractivity contribution in [3.8, 4) is 0 Å². The molecule has 2 aliphatic heterocycles. The van der Waals surface area contributed by atoms with Crippen molar-refractivity contribution in [2.24, 2.45) is 0 Å². The summed E-state index contributed by atoms with van der Waals surface area (Å²) in [5.41, 5.74) is -1.13. The Morgan fingerprint density at radius 1 is 1.16 bits per heavy atom. The molecule has 0 spiro atoms. The van der Waals surface area contributed by atoms with Crippen LogP contribution in [0.25, 0.3) is 0 Å². The van der Waals surface area contributed by atoms with Crippen LogP contribution in [0.1, 0.15) is 40.4 Å². The zero-order chi connectivity index (χ0) is 18.0. The van der Waals surface area contributed by atoms with Crippen LogP contribution >= 0.6 is 0 Å². The molecule has 6 nitrogen and oxygen atoms in total. The first-order chi connectivity index (χ1) is 11.1. The van der Waals surface area contributed by atoms with Crippen molar-refractivity contribution < 1.29 is 26.0 Å². The lowest BCUT2D eigenvalue weighted by Crippen LogP contribution is -2.54. The van der Waals surface area contributed by atoms with Crippen molar-refractivity contribution in [3.05, 3.63) is 35.3 Å². The van der Waals surface area contributed by atoms with Gasteiger partial charge in [-0.25, -0.2) is 0 Å². The summed E-state index contributed by atoms with van der Waals surface area (Å²) in [5.74, 6) is -4.09. The van der Waals surface area contributed by atoms with Gasteiger partial charge in [0.15, 0.2) is 0 Å². The van der Waals surface area contributed by atoms with Crippen molar-refractivity contribution in [2.75, 3.05) is 0 Å². The smallest absolute Gasteiger partial charge is 0.262 e. The van der Waals surface area contributed by atoms with Crippen molar-refractivity contribution in [1.29, 1.82) is 0 Å². The van der Waals surface area contributed by atoms with E-state index in [-0.39, 0.29) is 6.42 Å². The third kappa shape index (κ3) is 1.64. The molecule has 0 radical (unpaired) electrons. The summed E-state index contributed by atoms with van der Waals surface area (Å²) in [4.78, 5) is 48.7. The minimum atomic E-state index is -2.38. The fraction of sp³-hybridized carbons (Fsp3) is 0.231. The van der Waals surface area contributed by atoms with Gasteiger partial charge in [-0.05, 0) is 18.5 Å². The zero-order valence-electron chi connectivity index (χ0n) is 14.5. The minimum Gasteiger partial charge on any atom is -0.295 e. The highest BCUT2D eigenvalue weighted by atomic mass is 16.2. The molecule has 1 fully saturated rings. The average molecular weight is 263 g/mol. The highest BCUT2D eigenvalue weighted by Crippen LogP contribution is 2.26. The maximum absolute atomic E-state index is 12.5. The monoisotopic (exact) mass is 263 g/mol. The van der Waals surface area contributed by atoms with Crippen LogP contribution in [-0.2, 0) is 9.59 Å². The van der Waals surface area contributed by atoms with Gasteiger partial charge < -0.3 is 0 Å². The maximum atomic E-state index is 12.5. The third-order valence-electron chi connectivity index (χ3n) is 2.90. The van der Waals surface area contributed by atoms with Crippen LogP contribution in [0.2, 0.25) is 0 Å². The normalized spacial score (nSPS) is 30.1. The van der Waals surface area contributed by atoms with Crippen LogP contribution in [0.3, 0.4) is 0 Å². The van der Waals surface area contributed by atoms with Crippen LogP contribution in [0.15, 0.2) is 24.2 Å². The van der Waals surface area contributed by atoms with Crippen molar-refractivity contribution >= 4 is 23.6 Å². The Morgan fingerprint density at radius 2 is 1.74 bits per heavy atom. The van der Waals surface area contributed by atoms with E-state index in [0.717, 1.165) is 0 Å². The van der Waals surface area contributed by atoms with E-state index in [1.165, 1.54) is 0 Å². The number of carbonyl (C=O) groups excluding carboxylic acids is 4. The van der Waals surface area contributed by atoms with Gasteiger partial charge in [0.25, 0.3) is 11.8 Å². The predicted octanol–water partition coefficient (Wildman–Crippen LogP) is 0.0878. The first-order valence-electron chi connectivity index (χ1n) is 7.94. The molecule has 1 aromatic rings. The summed E-state index contributed by atoms with van der Waals surface area (Å²) in [6, 6.07) is -5.18. The number of nitrogens with zero attached hydrogens (tertiary/aromatic N) is 1. The Morgan fingerprint density at radius 3 is 2.26 bits per heavy atom. The number of hydrogen-bond donors (Lipinski definition) is 1. The SMILES string of the molecule is [2H]c1c([2H])c([2H])c2c(c1[2H])C(=O)N([C@]1([2H])CCC(=O)NC1=O)C2=O. The van der Waals surface area contributed by atoms with Gasteiger partial charge >= 0.3 is 0 Å². The number of benzene rings is 1. The number of nitrogens with one attached hydrogen (secondary N) is 1. The van der Waals surface area contributed by atoms with Gasteiger partial charge in [0.2, 0.25) is 11.8 Å². The van der Waals surface area contributed by atoms with E-state index in [4.69, 9.17) is 6.85 Å². The second kappa shape index (κ2) is 4.01. The molecule has 1 saturated heterocycles. The molecular formula is C13H10N2O4. The molecule has 3 rings (SSSR count). The zero-order valence-corrected chi connectivity index (χ0v) is 9.49. The lowest BCUT2D eigenvalue weighted by molar-refractivity contribution is -0.136. The first-order valence-corrected chi connectivity index (χ1v) is 5.44. The Kier molecular flexibility index (Phi) is 1.52. The molecular weight excluding hydrogens is 248 g/mol. The standard InChI is InChI=1S/C13H10N2O4/c16-10-6-5-9(11(17)14-10)15-12(18)7-3-1-2-4-8(7)13(15)19/h1-4,9H,5-6H2,(H,14,16,17)/t9-/m1/s1/i1D,2D,3D,4D,9D. The van der Waals surface area contributed by atoms with Crippen LogP contribution in [-0.4, -0.2) is 34.5 Å². The van der Waals surface area contributed by atoms with E-state index in [1.807, 2.05) is 5.32 Å². The number of hydrogen-bond acceptors (Lipinski definition) is 4. The van der Waals surface area contributed by atoms with Gasteiger partial charge in [0.1, 0.15) is 6.02 Å². The molecule has 2 aliphatic rings. The molecule has 1 aromatic carbocycles. The second-order valence-electron chi connectivity index (χ2n) is 4.02. The van der Waals surface area contributed by atoms with E-state index in [0.29, 0.717) is 4.90 Å². The van der Waals surface area contributed by atoms with Gasteiger partial charge in [-0.1, -0.05) is 12.1 Å². The van der Waals surface area contributed by atoms with E-state index < -0.39 is 71.4 Å². The molecule has 0 aliphatic carbocycles. The number of fused-ring (bicyclic) bond motifs is 1. The van der Waals surface area contributed by atoms with E-state index in [2.05, 4.69) is 0 Å². The van der Waals surface area contributed by atoms with Crippen LogP contribution in [0.4, 0.5) is 0 Å². The van der Waals surface area contributed by atoms with Crippen molar-refractivity contribution in [3.63, 3.8) is 0 Å². The van der Waals surface area contributed by atoms with Gasteiger partial charge in [0, 0.05) is 6.42 Å². The summed E-state index contributed by atoms with van der Waals surface area (Å²) in [6.45, 7) is 0. The molecule has 0 bridgehead atoms. The van der Waals surface area contributed by atoms with E-state index in [9.17, 15) is 19.2 Å². The van der Waals surface area contributed by atoms with Gasteiger partial charge in [0.05, 0.1) is 18.0 Å². The van der Waals surface area contributed by atoms with E-state index >= 15 is 0 Å². The lowest BCUT2D eigenvalue weighted by Gasteiger charge is -2.27. The van der Waals surface area contributed by atoms with Gasteiger partial charge in [-0.3, -0.25) is 29.4 Å².